The SMILES string of the molecule is C=C(C)C(=O)OCC(COC)c1ccc(CCC2CCC(CCCCC)CC2)cc1. The van der Waals surface area contributed by atoms with Crippen molar-refractivity contribution in [2.45, 2.75) is 84.0 Å². The van der Waals surface area contributed by atoms with Gasteiger partial charge in [-0.25, -0.2) is 4.79 Å². The van der Waals surface area contributed by atoms with Gasteiger partial charge in [-0.3, -0.25) is 0 Å². The van der Waals surface area contributed by atoms with Gasteiger partial charge < -0.3 is 9.47 Å². The van der Waals surface area contributed by atoms with E-state index in [1.807, 2.05) is 0 Å². The summed E-state index contributed by atoms with van der Waals surface area (Å²) in [6.07, 6.45) is 13.8. The molecular weight excluding hydrogens is 372 g/mol. The second kappa shape index (κ2) is 13.6. The van der Waals surface area contributed by atoms with Crippen molar-refractivity contribution in [3.8, 4) is 0 Å². The zero-order chi connectivity index (χ0) is 21.8. The number of ether oxygens (including phenoxy) is 2. The molecule has 30 heavy (non-hydrogen) atoms. The molecule has 1 aromatic carbocycles. The fraction of sp³-hybridized carbons (Fsp3) is 0.667. The van der Waals surface area contributed by atoms with Gasteiger partial charge in [0.15, 0.2) is 0 Å². The zero-order valence-corrected chi connectivity index (χ0v) is 19.5. The Morgan fingerprint density at radius 2 is 1.67 bits per heavy atom. The molecule has 1 fully saturated rings. The average molecular weight is 415 g/mol. The number of esters is 1. The van der Waals surface area contributed by atoms with Crippen molar-refractivity contribution in [3.63, 3.8) is 0 Å². The summed E-state index contributed by atoms with van der Waals surface area (Å²) < 4.78 is 10.7. The molecular formula is C27H42O3. The van der Waals surface area contributed by atoms with Crippen LogP contribution in [0.25, 0.3) is 0 Å². The van der Waals surface area contributed by atoms with Crippen LogP contribution in [0.2, 0.25) is 0 Å². The Bertz CT molecular complexity index is 626. The lowest BCUT2D eigenvalue weighted by Gasteiger charge is -2.28. The Balaban J connectivity index is 1.76. The summed E-state index contributed by atoms with van der Waals surface area (Å²) in [7, 11) is 1.68. The van der Waals surface area contributed by atoms with Crippen molar-refractivity contribution >= 4 is 5.97 Å². The Hall–Kier alpha value is -1.61. The molecule has 0 aliphatic heterocycles. The number of rotatable bonds is 13. The Kier molecular flexibility index (Phi) is 11.2. The van der Waals surface area contributed by atoms with Crippen LogP contribution in [0.15, 0.2) is 36.4 Å². The normalized spacial score (nSPS) is 20.0. The minimum atomic E-state index is -0.340. The number of hydrogen-bond acceptors (Lipinski definition) is 3. The lowest BCUT2D eigenvalue weighted by atomic mass is 9.77. The van der Waals surface area contributed by atoms with E-state index in [0.29, 0.717) is 18.8 Å². The van der Waals surface area contributed by atoms with Crippen LogP contribution in [-0.2, 0) is 20.7 Å². The average Bonchev–Trinajstić information content (AvgIpc) is 2.76. The van der Waals surface area contributed by atoms with E-state index in [4.69, 9.17) is 9.47 Å². The zero-order valence-electron chi connectivity index (χ0n) is 19.5. The first-order valence-corrected chi connectivity index (χ1v) is 11.9. The summed E-state index contributed by atoms with van der Waals surface area (Å²) >= 11 is 0. The Morgan fingerprint density at radius 1 is 1.03 bits per heavy atom. The lowest BCUT2D eigenvalue weighted by Crippen LogP contribution is -2.17. The first-order valence-electron chi connectivity index (χ1n) is 11.9. The number of carbonyl (C=O) groups is 1. The van der Waals surface area contributed by atoms with Crippen LogP contribution in [0.1, 0.15) is 88.7 Å². The largest absolute Gasteiger partial charge is 0.462 e. The Labute approximate surface area is 184 Å². The van der Waals surface area contributed by atoms with Crippen LogP contribution in [0, 0.1) is 11.8 Å². The number of methoxy groups -OCH3 is 1. The third-order valence-electron chi connectivity index (χ3n) is 6.61. The molecule has 0 spiro atoms. The van der Waals surface area contributed by atoms with Crippen LogP contribution >= 0.6 is 0 Å². The van der Waals surface area contributed by atoms with E-state index in [9.17, 15) is 4.79 Å². The van der Waals surface area contributed by atoms with E-state index in [0.717, 1.165) is 23.8 Å². The molecule has 1 aliphatic carbocycles. The molecule has 1 aliphatic rings. The number of benzene rings is 1. The molecule has 0 amide bonds. The van der Waals surface area contributed by atoms with Gasteiger partial charge in [0.1, 0.15) is 6.61 Å². The second-order valence-electron chi connectivity index (χ2n) is 9.19. The number of carbonyl (C=O) groups excluding carboxylic acids is 1. The van der Waals surface area contributed by atoms with Crippen LogP contribution in [0.5, 0.6) is 0 Å². The van der Waals surface area contributed by atoms with E-state index in [1.54, 1.807) is 14.0 Å². The number of unbranched alkanes of at least 4 members (excludes halogenated alkanes) is 2. The highest BCUT2D eigenvalue weighted by Gasteiger charge is 2.21. The van der Waals surface area contributed by atoms with E-state index < -0.39 is 0 Å². The smallest absolute Gasteiger partial charge is 0.333 e. The van der Waals surface area contributed by atoms with Gasteiger partial charge in [0.05, 0.1) is 6.61 Å². The molecule has 0 N–H and O–H groups in total. The highest BCUT2D eigenvalue weighted by molar-refractivity contribution is 5.86. The second-order valence-corrected chi connectivity index (χ2v) is 9.19. The lowest BCUT2D eigenvalue weighted by molar-refractivity contribution is -0.139. The van der Waals surface area contributed by atoms with Gasteiger partial charge in [-0.05, 0) is 42.7 Å². The molecule has 1 atom stereocenters. The molecule has 1 unspecified atom stereocenters. The Morgan fingerprint density at radius 3 is 2.23 bits per heavy atom. The first-order chi connectivity index (χ1) is 14.5. The fourth-order valence-corrected chi connectivity index (χ4v) is 4.56. The van der Waals surface area contributed by atoms with E-state index >= 15 is 0 Å². The van der Waals surface area contributed by atoms with Gasteiger partial charge >= 0.3 is 5.97 Å². The van der Waals surface area contributed by atoms with Gasteiger partial charge in [0.2, 0.25) is 0 Å². The molecule has 0 bridgehead atoms. The molecule has 168 valence electrons. The molecule has 0 saturated heterocycles. The highest BCUT2D eigenvalue weighted by atomic mass is 16.5. The van der Waals surface area contributed by atoms with Gasteiger partial charge in [-0.15, -0.1) is 0 Å². The van der Waals surface area contributed by atoms with Crippen molar-refractivity contribution < 1.29 is 14.3 Å². The maximum absolute atomic E-state index is 11.7. The molecule has 0 aromatic heterocycles. The first kappa shape index (κ1) is 24.7. The maximum Gasteiger partial charge on any atom is 0.333 e. The maximum atomic E-state index is 11.7. The highest BCUT2D eigenvalue weighted by Crippen LogP contribution is 2.34. The standard InChI is InChI=1S/C27H42O3/c1-5-6-7-8-22-9-11-23(12-10-22)13-14-24-15-17-25(18-16-24)26(19-29-4)20-30-27(28)21(2)3/h15-18,22-23,26H,2,5-14,19-20H2,1,3-4H3. The van der Waals surface area contributed by atoms with Gasteiger partial charge in [-0.1, -0.05) is 89.1 Å². The van der Waals surface area contributed by atoms with Crippen molar-refractivity contribution in [1.82, 2.24) is 0 Å². The van der Waals surface area contributed by atoms with Crippen molar-refractivity contribution in [1.29, 1.82) is 0 Å². The summed E-state index contributed by atoms with van der Waals surface area (Å²) in [6, 6.07) is 8.79. The van der Waals surface area contributed by atoms with Crippen molar-refractivity contribution in [2.75, 3.05) is 20.3 Å². The predicted molar refractivity (Wildman–Crippen MR) is 125 cm³/mol. The van der Waals surface area contributed by atoms with Crippen LogP contribution in [0.4, 0.5) is 0 Å². The minimum absolute atomic E-state index is 0.0512. The van der Waals surface area contributed by atoms with Crippen LogP contribution in [-0.4, -0.2) is 26.3 Å². The van der Waals surface area contributed by atoms with Gasteiger partial charge in [0.25, 0.3) is 0 Å². The summed E-state index contributed by atoms with van der Waals surface area (Å²) in [4.78, 5) is 11.7. The van der Waals surface area contributed by atoms with Crippen molar-refractivity contribution in [3.05, 3.63) is 47.5 Å². The summed E-state index contributed by atoms with van der Waals surface area (Å²) in [5.41, 5.74) is 2.98. The topological polar surface area (TPSA) is 35.5 Å². The van der Waals surface area contributed by atoms with E-state index in [1.165, 1.54) is 63.4 Å². The minimum Gasteiger partial charge on any atom is -0.462 e. The van der Waals surface area contributed by atoms with Crippen LogP contribution in [0.3, 0.4) is 0 Å². The monoisotopic (exact) mass is 414 g/mol. The van der Waals surface area contributed by atoms with Gasteiger partial charge in [-0.2, -0.15) is 0 Å². The molecule has 0 radical (unpaired) electrons. The molecule has 3 nitrogen and oxygen atoms in total. The molecule has 3 heteroatoms. The third kappa shape index (κ3) is 8.63. The van der Waals surface area contributed by atoms with E-state index in [-0.39, 0.29) is 11.9 Å². The number of hydrogen-bond donors (Lipinski definition) is 0. The number of aryl methyl sites for hydroxylation is 1. The predicted octanol–water partition coefficient (Wildman–Crippen LogP) is 6.86. The summed E-state index contributed by atoms with van der Waals surface area (Å²) in [6.45, 7) is 8.45. The van der Waals surface area contributed by atoms with Crippen LogP contribution < -0.4 is 0 Å². The van der Waals surface area contributed by atoms with Crippen molar-refractivity contribution in [2.24, 2.45) is 11.8 Å². The molecule has 1 aromatic rings. The summed E-state index contributed by atoms with van der Waals surface area (Å²) in [5, 5.41) is 0. The molecule has 0 heterocycles. The molecule has 1 saturated carbocycles. The van der Waals surface area contributed by atoms with Gasteiger partial charge in [0, 0.05) is 18.6 Å². The fourth-order valence-electron chi connectivity index (χ4n) is 4.56. The summed E-state index contributed by atoms with van der Waals surface area (Å²) in [5.74, 6) is 1.60. The molecule has 2 rings (SSSR count). The quantitative estimate of drug-likeness (QED) is 0.201. The van der Waals surface area contributed by atoms with E-state index in [2.05, 4.69) is 37.8 Å². The third-order valence-corrected chi connectivity index (χ3v) is 6.61.